The van der Waals surface area contributed by atoms with E-state index in [1.54, 1.807) is 0 Å². The van der Waals surface area contributed by atoms with Crippen LogP contribution in [0, 0.1) is 13.8 Å². The van der Waals surface area contributed by atoms with Gasteiger partial charge in [-0.25, -0.2) is 4.79 Å². The number of hydrogen-bond acceptors (Lipinski definition) is 3. The Morgan fingerprint density at radius 2 is 1.64 bits per heavy atom. The van der Waals surface area contributed by atoms with Crippen LogP contribution in [0.15, 0.2) is 57.2 Å². The van der Waals surface area contributed by atoms with Crippen LogP contribution in [0.25, 0.3) is 21.9 Å². The van der Waals surface area contributed by atoms with Crippen molar-refractivity contribution < 1.29 is 0 Å². The molecule has 4 rings (SSSR count). The third kappa shape index (κ3) is 2.57. The maximum absolute atomic E-state index is 12.7. The minimum absolute atomic E-state index is 0.334. The molecule has 0 fully saturated rings. The van der Waals surface area contributed by atoms with Gasteiger partial charge in [-0.1, -0.05) is 41.5 Å². The van der Waals surface area contributed by atoms with Crippen molar-refractivity contribution in [3.8, 4) is 0 Å². The van der Waals surface area contributed by atoms with E-state index in [1.165, 1.54) is 6.21 Å². The fourth-order valence-corrected chi connectivity index (χ4v) is 2.84. The standard InChI is InChI=1S/C19H16N4O2/c1-11-3-6-13(7-4-11)10-20-23-18(24)17-16(22-19(23)25)14-9-12(2)5-8-15(14)21-17/h3-10,21H,1-2H3,(H,22,25)/b20-10-. The zero-order valence-corrected chi connectivity index (χ0v) is 13.8. The van der Waals surface area contributed by atoms with E-state index in [1.807, 2.05) is 56.3 Å². The average Bonchev–Trinajstić information content (AvgIpc) is 2.94. The normalized spacial score (nSPS) is 11.8. The molecule has 0 spiro atoms. The van der Waals surface area contributed by atoms with Gasteiger partial charge in [0.2, 0.25) is 0 Å². The summed E-state index contributed by atoms with van der Waals surface area (Å²) in [7, 11) is 0. The molecule has 0 radical (unpaired) electrons. The lowest BCUT2D eigenvalue weighted by atomic mass is 10.2. The monoisotopic (exact) mass is 332 g/mol. The molecule has 0 saturated heterocycles. The highest BCUT2D eigenvalue weighted by Crippen LogP contribution is 2.21. The van der Waals surface area contributed by atoms with E-state index in [0.717, 1.165) is 32.3 Å². The Kier molecular flexibility index (Phi) is 3.39. The van der Waals surface area contributed by atoms with E-state index in [9.17, 15) is 9.59 Å². The molecule has 2 aromatic heterocycles. The highest BCUT2D eigenvalue weighted by atomic mass is 16.2. The van der Waals surface area contributed by atoms with Gasteiger partial charge in [0, 0.05) is 10.9 Å². The second-order valence-corrected chi connectivity index (χ2v) is 6.13. The van der Waals surface area contributed by atoms with Crippen LogP contribution in [0.5, 0.6) is 0 Å². The summed E-state index contributed by atoms with van der Waals surface area (Å²) >= 11 is 0. The molecule has 2 N–H and O–H groups in total. The van der Waals surface area contributed by atoms with Gasteiger partial charge in [0.15, 0.2) is 0 Å². The molecule has 2 heterocycles. The Labute approximate surface area is 142 Å². The molecule has 0 aliphatic heterocycles. The minimum Gasteiger partial charge on any atom is -0.349 e. The third-order valence-electron chi connectivity index (χ3n) is 4.18. The summed E-state index contributed by atoms with van der Waals surface area (Å²) in [4.78, 5) is 30.8. The molecule has 25 heavy (non-hydrogen) atoms. The number of aromatic nitrogens is 3. The van der Waals surface area contributed by atoms with Gasteiger partial charge in [0.25, 0.3) is 0 Å². The van der Waals surface area contributed by atoms with Gasteiger partial charge >= 0.3 is 11.2 Å². The van der Waals surface area contributed by atoms with Crippen LogP contribution in [-0.4, -0.2) is 20.9 Å². The fourth-order valence-electron chi connectivity index (χ4n) is 2.84. The molecule has 6 heteroatoms. The zero-order valence-electron chi connectivity index (χ0n) is 13.8. The van der Waals surface area contributed by atoms with Gasteiger partial charge in [0.05, 0.1) is 11.7 Å². The lowest BCUT2D eigenvalue weighted by Crippen LogP contribution is -2.32. The van der Waals surface area contributed by atoms with Gasteiger partial charge in [-0.3, -0.25) is 4.79 Å². The molecule has 124 valence electrons. The summed E-state index contributed by atoms with van der Waals surface area (Å²) in [6.45, 7) is 3.95. The molecule has 0 aliphatic rings. The van der Waals surface area contributed by atoms with Crippen molar-refractivity contribution in [1.29, 1.82) is 0 Å². The first-order valence-corrected chi connectivity index (χ1v) is 7.91. The van der Waals surface area contributed by atoms with E-state index < -0.39 is 11.2 Å². The number of nitrogens with zero attached hydrogens (tertiary/aromatic N) is 2. The van der Waals surface area contributed by atoms with Gasteiger partial charge in [-0.2, -0.15) is 5.10 Å². The van der Waals surface area contributed by atoms with Crippen LogP contribution < -0.4 is 11.2 Å². The topological polar surface area (TPSA) is 83.0 Å². The highest BCUT2D eigenvalue weighted by Gasteiger charge is 2.12. The van der Waals surface area contributed by atoms with E-state index in [0.29, 0.717) is 11.0 Å². The molecule has 0 saturated carbocycles. The molecule has 4 aromatic rings. The van der Waals surface area contributed by atoms with E-state index in [2.05, 4.69) is 15.1 Å². The quantitative estimate of drug-likeness (QED) is 0.553. The molecular weight excluding hydrogens is 316 g/mol. The van der Waals surface area contributed by atoms with Gasteiger partial charge in [-0.05, 0) is 31.5 Å². The predicted molar refractivity (Wildman–Crippen MR) is 99.6 cm³/mol. The van der Waals surface area contributed by atoms with Crippen LogP contribution in [0.3, 0.4) is 0 Å². The van der Waals surface area contributed by atoms with Crippen LogP contribution in [0.1, 0.15) is 16.7 Å². The van der Waals surface area contributed by atoms with Crippen LogP contribution in [0.2, 0.25) is 0 Å². The maximum atomic E-state index is 12.7. The van der Waals surface area contributed by atoms with Gasteiger partial charge in [0.1, 0.15) is 5.52 Å². The Hall–Kier alpha value is -3.41. The van der Waals surface area contributed by atoms with Crippen molar-refractivity contribution in [1.82, 2.24) is 14.6 Å². The summed E-state index contributed by atoms with van der Waals surface area (Å²) in [6, 6.07) is 13.4. The summed E-state index contributed by atoms with van der Waals surface area (Å²) in [5.74, 6) is 0. The Morgan fingerprint density at radius 3 is 2.40 bits per heavy atom. The van der Waals surface area contributed by atoms with E-state index >= 15 is 0 Å². The molecule has 6 nitrogen and oxygen atoms in total. The largest absolute Gasteiger partial charge is 0.350 e. The number of aromatic amines is 2. The minimum atomic E-state index is -0.566. The number of H-pyrrole nitrogens is 2. The summed E-state index contributed by atoms with van der Waals surface area (Å²) in [5, 5.41) is 4.88. The number of rotatable bonds is 2. The maximum Gasteiger partial charge on any atom is 0.350 e. The lowest BCUT2D eigenvalue weighted by Gasteiger charge is -1.98. The molecule has 0 amide bonds. The molecule has 0 bridgehead atoms. The molecular formula is C19H16N4O2. The number of fused-ring (bicyclic) bond motifs is 3. The smallest absolute Gasteiger partial charge is 0.349 e. The van der Waals surface area contributed by atoms with Crippen molar-refractivity contribution in [2.75, 3.05) is 0 Å². The van der Waals surface area contributed by atoms with Crippen molar-refractivity contribution in [3.05, 3.63) is 80.0 Å². The number of benzene rings is 2. The van der Waals surface area contributed by atoms with Crippen molar-refractivity contribution >= 4 is 28.2 Å². The Balaban J connectivity index is 1.90. The predicted octanol–water partition coefficient (Wildman–Crippen LogP) is 2.67. The van der Waals surface area contributed by atoms with Gasteiger partial charge in [-0.15, -0.1) is 4.68 Å². The third-order valence-corrected chi connectivity index (χ3v) is 4.18. The fraction of sp³-hybridized carbons (Fsp3) is 0.105. The molecule has 0 aliphatic carbocycles. The first-order valence-electron chi connectivity index (χ1n) is 7.91. The van der Waals surface area contributed by atoms with Crippen LogP contribution in [-0.2, 0) is 0 Å². The molecule has 2 aromatic carbocycles. The first-order chi connectivity index (χ1) is 12.0. The van der Waals surface area contributed by atoms with Crippen LogP contribution in [0.4, 0.5) is 0 Å². The Bertz CT molecular complexity index is 1240. The Morgan fingerprint density at radius 1 is 0.920 bits per heavy atom. The van der Waals surface area contributed by atoms with Crippen LogP contribution >= 0.6 is 0 Å². The van der Waals surface area contributed by atoms with Crippen molar-refractivity contribution in [3.63, 3.8) is 0 Å². The lowest BCUT2D eigenvalue weighted by molar-refractivity contribution is 0.770. The van der Waals surface area contributed by atoms with Crippen molar-refractivity contribution in [2.45, 2.75) is 13.8 Å². The van der Waals surface area contributed by atoms with Gasteiger partial charge < -0.3 is 9.97 Å². The molecule has 0 atom stereocenters. The summed E-state index contributed by atoms with van der Waals surface area (Å²) in [6.07, 6.45) is 1.49. The summed E-state index contributed by atoms with van der Waals surface area (Å²) in [5.41, 5.74) is 3.59. The first kappa shape index (κ1) is 15.1. The SMILES string of the molecule is Cc1ccc(/C=N\n2c(=O)[nH]c3c([nH]c4ccc(C)cc43)c2=O)cc1. The second-order valence-electron chi connectivity index (χ2n) is 6.13. The van der Waals surface area contributed by atoms with E-state index in [4.69, 9.17) is 0 Å². The average molecular weight is 332 g/mol. The van der Waals surface area contributed by atoms with Crippen molar-refractivity contribution in [2.24, 2.45) is 5.10 Å². The summed E-state index contributed by atoms with van der Waals surface area (Å²) < 4.78 is 0.838. The molecule has 0 unspecified atom stereocenters. The van der Waals surface area contributed by atoms with E-state index in [-0.39, 0.29) is 0 Å². The highest BCUT2D eigenvalue weighted by molar-refractivity contribution is 6.04. The number of hydrogen-bond donors (Lipinski definition) is 2. The zero-order chi connectivity index (χ0) is 17.6. The second kappa shape index (κ2) is 5.59. The number of nitrogens with one attached hydrogen (secondary N) is 2. The number of aryl methyl sites for hydroxylation is 2.